The van der Waals surface area contributed by atoms with Gasteiger partial charge in [0.25, 0.3) is 11.8 Å². The summed E-state index contributed by atoms with van der Waals surface area (Å²) in [5.41, 5.74) is 1.13. The van der Waals surface area contributed by atoms with E-state index in [2.05, 4.69) is 20.6 Å². The van der Waals surface area contributed by atoms with Crippen LogP contribution in [0, 0.1) is 0 Å². The molecule has 0 bridgehead atoms. The number of aromatic nitrogens is 2. The van der Waals surface area contributed by atoms with Crippen molar-refractivity contribution >= 4 is 23.3 Å². The van der Waals surface area contributed by atoms with Gasteiger partial charge in [-0.15, -0.1) is 0 Å². The minimum absolute atomic E-state index is 0.192. The van der Waals surface area contributed by atoms with Crippen LogP contribution in [-0.4, -0.2) is 36.0 Å². The molecule has 3 aromatic rings. The van der Waals surface area contributed by atoms with E-state index in [1.165, 1.54) is 12.5 Å². The van der Waals surface area contributed by atoms with Crippen molar-refractivity contribution in [2.75, 3.05) is 24.9 Å². The average molecular weight is 378 g/mol. The Morgan fingerprint density at radius 3 is 1.79 bits per heavy atom. The number of ether oxygens (including phenoxy) is 2. The molecule has 2 amide bonds. The van der Waals surface area contributed by atoms with E-state index in [4.69, 9.17) is 9.47 Å². The average Bonchev–Trinajstić information content (AvgIpc) is 2.75. The standard InChI is InChI=1S/C20H18N4O4/c1-27-15-7-3-13(4-8-15)19(25)23-17-11-21-12-22-18(17)24-20(26)14-5-9-16(28-2)10-6-14/h3-12H,1-2H3,(H,23,25)(H,21,22,24,26). The maximum atomic E-state index is 12.5. The predicted octanol–water partition coefficient (Wildman–Crippen LogP) is 3.00. The van der Waals surface area contributed by atoms with Crippen LogP contribution in [0.5, 0.6) is 11.5 Å². The lowest BCUT2D eigenvalue weighted by molar-refractivity contribution is 0.101. The summed E-state index contributed by atoms with van der Waals surface area (Å²) < 4.78 is 10.2. The van der Waals surface area contributed by atoms with Gasteiger partial charge in [-0.2, -0.15) is 0 Å². The highest BCUT2D eigenvalue weighted by molar-refractivity contribution is 6.09. The summed E-state index contributed by atoms with van der Waals surface area (Å²) in [4.78, 5) is 32.9. The quantitative estimate of drug-likeness (QED) is 0.684. The van der Waals surface area contributed by atoms with E-state index in [0.717, 1.165) is 0 Å². The number of benzene rings is 2. The fourth-order valence-corrected chi connectivity index (χ4v) is 2.38. The van der Waals surface area contributed by atoms with E-state index in [1.807, 2.05) is 0 Å². The van der Waals surface area contributed by atoms with Gasteiger partial charge in [-0.05, 0) is 48.5 Å². The Hall–Kier alpha value is -3.94. The number of methoxy groups -OCH3 is 2. The Morgan fingerprint density at radius 1 is 0.786 bits per heavy atom. The Labute approximate surface area is 161 Å². The van der Waals surface area contributed by atoms with Crippen molar-refractivity contribution in [2.24, 2.45) is 0 Å². The van der Waals surface area contributed by atoms with Crippen LogP contribution in [0.25, 0.3) is 0 Å². The summed E-state index contributed by atoms with van der Waals surface area (Å²) in [5.74, 6) is 0.745. The largest absolute Gasteiger partial charge is 0.497 e. The normalized spacial score (nSPS) is 10.1. The molecule has 0 spiro atoms. The fourth-order valence-electron chi connectivity index (χ4n) is 2.38. The summed E-state index contributed by atoms with van der Waals surface area (Å²) in [5, 5.41) is 5.37. The molecular formula is C20H18N4O4. The molecule has 8 heteroatoms. The van der Waals surface area contributed by atoms with Crippen molar-refractivity contribution < 1.29 is 19.1 Å². The molecule has 0 aliphatic carbocycles. The molecule has 2 aromatic carbocycles. The first kappa shape index (κ1) is 18.8. The molecule has 0 unspecified atom stereocenters. The number of amides is 2. The molecule has 142 valence electrons. The molecule has 0 atom stereocenters. The lowest BCUT2D eigenvalue weighted by atomic mass is 10.2. The monoisotopic (exact) mass is 378 g/mol. The highest BCUT2D eigenvalue weighted by Gasteiger charge is 2.14. The third-order valence-electron chi connectivity index (χ3n) is 3.90. The Bertz CT molecular complexity index is 892. The smallest absolute Gasteiger partial charge is 0.256 e. The van der Waals surface area contributed by atoms with Gasteiger partial charge in [0.1, 0.15) is 23.5 Å². The van der Waals surface area contributed by atoms with Crippen molar-refractivity contribution in [3.05, 3.63) is 72.2 Å². The first-order chi connectivity index (χ1) is 13.6. The van der Waals surface area contributed by atoms with Crippen LogP contribution in [0.2, 0.25) is 0 Å². The second-order valence-electron chi connectivity index (χ2n) is 5.65. The number of nitrogens with one attached hydrogen (secondary N) is 2. The van der Waals surface area contributed by atoms with Crippen LogP contribution in [-0.2, 0) is 0 Å². The summed E-state index contributed by atoms with van der Waals surface area (Å²) in [6.45, 7) is 0. The molecule has 0 saturated heterocycles. The van der Waals surface area contributed by atoms with Crippen molar-refractivity contribution in [1.29, 1.82) is 0 Å². The van der Waals surface area contributed by atoms with Crippen molar-refractivity contribution in [3.8, 4) is 11.5 Å². The molecule has 0 aliphatic heterocycles. The van der Waals surface area contributed by atoms with Crippen LogP contribution < -0.4 is 20.1 Å². The number of anilines is 2. The fraction of sp³-hybridized carbons (Fsp3) is 0.100. The molecule has 2 N–H and O–H groups in total. The van der Waals surface area contributed by atoms with Crippen LogP contribution in [0.15, 0.2) is 61.1 Å². The molecular weight excluding hydrogens is 360 g/mol. The lowest BCUT2D eigenvalue weighted by Crippen LogP contribution is -2.18. The van der Waals surface area contributed by atoms with Gasteiger partial charge in [0, 0.05) is 11.1 Å². The molecule has 0 saturated carbocycles. The Balaban J connectivity index is 1.74. The molecule has 0 fully saturated rings. The predicted molar refractivity (Wildman–Crippen MR) is 104 cm³/mol. The number of hydrogen-bond donors (Lipinski definition) is 2. The summed E-state index contributed by atoms with van der Waals surface area (Å²) in [6.07, 6.45) is 2.70. The van der Waals surface area contributed by atoms with E-state index in [1.54, 1.807) is 62.8 Å². The molecule has 1 heterocycles. The highest BCUT2D eigenvalue weighted by Crippen LogP contribution is 2.20. The molecule has 28 heavy (non-hydrogen) atoms. The van der Waals surface area contributed by atoms with E-state index in [9.17, 15) is 9.59 Å². The molecule has 0 aliphatic rings. The third-order valence-corrected chi connectivity index (χ3v) is 3.90. The van der Waals surface area contributed by atoms with Crippen molar-refractivity contribution in [3.63, 3.8) is 0 Å². The van der Waals surface area contributed by atoms with Gasteiger partial charge in [-0.1, -0.05) is 0 Å². The summed E-state index contributed by atoms with van der Waals surface area (Å²) in [6, 6.07) is 13.3. The van der Waals surface area contributed by atoms with Crippen LogP contribution >= 0.6 is 0 Å². The van der Waals surface area contributed by atoms with Gasteiger partial charge < -0.3 is 20.1 Å². The summed E-state index contributed by atoms with van der Waals surface area (Å²) in [7, 11) is 3.10. The second kappa shape index (κ2) is 8.63. The molecule has 1 aromatic heterocycles. The topological polar surface area (TPSA) is 102 Å². The number of hydrogen-bond acceptors (Lipinski definition) is 6. The van der Waals surface area contributed by atoms with Crippen LogP contribution in [0.1, 0.15) is 20.7 Å². The Kier molecular flexibility index (Phi) is 5.81. The highest BCUT2D eigenvalue weighted by atomic mass is 16.5. The zero-order chi connectivity index (χ0) is 19.9. The van der Waals surface area contributed by atoms with Gasteiger partial charge >= 0.3 is 0 Å². The zero-order valence-electron chi connectivity index (χ0n) is 15.3. The zero-order valence-corrected chi connectivity index (χ0v) is 15.3. The van der Waals surface area contributed by atoms with Gasteiger partial charge in [0.05, 0.1) is 20.4 Å². The number of nitrogens with zero attached hydrogens (tertiary/aromatic N) is 2. The molecule has 3 rings (SSSR count). The number of rotatable bonds is 6. The van der Waals surface area contributed by atoms with Crippen LogP contribution in [0.3, 0.4) is 0 Å². The maximum Gasteiger partial charge on any atom is 0.256 e. The molecule has 8 nitrogen and oxygen atoms in total. The van der Waals surface area contributed by atoms with Gasteiger partial charge in [0.2, 0.25) is 0 Å². The van der Waals surface area contributed by atoms with E-state index >= 15 is 0 Å². The lowest BCUT2D eigenvalue weighted by Gasteiger charge is -2.11. The molecule has 0 radical (unpaired) electrons. The first-order valence-corrected chi connectivity index (χ1v) is 8.31. The van der Waals surface area contributed by atoms with Crippen molar-refractivity contribution in [1.82, 2.24) is 9.97 Å². The second-order valence-corrected chi connectivity index (χ2v) is 5.65. The van der Waals surface area contributed by atoms with E-state index in [-0.39, 0.29) is 23.3 Å². The minimum atomic E-state index is -0.374. The van der Waals surface area contributed by atoms with Gasteiger partial charge in [0.15, 0.2) is 5.82 Å². The third kappa shape index (κ3) is 4.42. The number of carbonyl (C=O) groups is 2. The number of carbonyl (C=O) groups excluding carboxylic acids is 2. The first-order valence-electron chi connectivity index (χ1n) is 8.31. The Morgan fingerprint density at radius 2 is 1.29 bits per heavy atom. The van der Waals surface area contributed by atoms with E-state index in [0.29, 0.717) is 22.6 Å². The summed E-state index contributed by atoms with van der Waals surface area (Å²) >= 11 is 0. The maximum absolute atomic E-state index is 12.5. The minimum Gasteiger partial charge on any atom is -0.497 e. The van der Waals surface area contributed by atoms with Gasteiger partial charge in [-0.3, -0.25) is 9.59 Å². The van der Waals surface area contributed by atoms with E-state index < -0.39 is 0 Å². The van der Waals surface area contributed by atoms with Crippen molar-refractivity contribution in [2.45, 2.75) is 0 Å². The SMILES string of the molecule is COc1ccc(C(=O)Nc2cncnc2NC(=O)c2ccc(OC)cc2)cc1. The van der Waals surface area contributed by atoms with Crippen LogP contribution in [0.4, 0.5) is 11.5 Å². The van der Waals surface area contributed by atoms with Gasteiger partial charge in [-0.25, -0.2) is 9.97 Å².